The van der Waals surface area contributed by atoms with Gasteiger partial charge in [-0.25, -0.2) is 0 Å². The maximum Gasteiger partial charge on any atom is 0.188 e. The standard InChI is InChI=1S/C11H21N3/c1-13-11(12)14-7-10-6-8-2-4-9(10)5-3-8/h8-10H,2-7H2,1H3,(H3,12,13,14). The lowest BCUT2D eigenvalue weighted by Gasteiger charge is -2.42. The molecule has 3 N–H and O–H groups in total. The van der Waals surface area contributed by atoms with E-state index in [1.165, 1.54) is 32.1 Å². The van der Waals surface area contributed by atoms with Crippen LogP contribution in [0.5, 0.6) is 0 Å². The Morgan fingerprint density at radius 1 is 1.36 bits per heavy atom. The number of nitrogens with two attached hydrogens (primary N) is 1. The topological polar surface area (TPSA) is 50.4 Å². The lowest BCUT2D eigenvalue weighted by atomic mass is 9.65. The van der Waals surface area contributed by atoms with Crippen LogP contribution in [-0.4, -0.2) is 19.6 Å². The summed E-state index contributed by atoms with van der Waals surface area (Å²) in [5.74, 6) is 3.40. The van der Waals surface area contributed by atoms with Crippen molar-refractivity contribution >= 4 is 5.96 Å². The molecule has 3 nitrogen and oxygen atoms in total. The van der Waals surface area contributed by atoms with Crippen molar-refractivity contribution in [2.45, 2.75) is 32.1 Å². The van der Waals surface area contributed by atoms with Gasteiger partial charge in [0, 0.05) is 13.6 Å². The Morgan fingerprint density at radius 3 is 2.57 bits per heavy atom. The fourth-order valence-electron chi connectivity index (χ4n) is 3.08. The van der Waals surface area contributed by atoms with Crippen LogP contribution in [0.1, 0.15) is 32.1 Å². The summed E-state index contributed by atoms with van der Waals surface area (Å²) < 4.78 is 0. The highest BCUT2D eigenvalue weighted by Crippen LogP contribution is 2.44. The van der Waals surface area contributed by atoms with E-state index in [-0.39, 0.29) is 0 Å². The van der Waals surface area contributed by atoms with Gasteiger partial charge in [-0.3, -0.25) is 4.99 Å². The average molecular weight is 195 g/mol. The third-order valence-electron chi connectivity index (χ3n) is 3.98. The molecular formula is C11H21N3. The second-order valence-corrected chi connectivity index (χ2v) is 4.77. The van der Waals surface area contributed by atoms with Gasteiger partial charge < -0.3 is 11.1 Å². The van der Waals surface area contributed by atoms with E-state index in [0.717, 1.165) is 24.3 Å². The highest BCUT2D eigenvalue weighted by Gasteiger charge is 2.35. The van der Waals surface area contributed by atoms with Gasteiger partial charge in [-0.05, 0) is 37.0 Å². The average Bonchev–Trinajstić information content (AvgIpc) is 2.27. The minimum absolute atomic E-state index is 0.589. The summed E-state index contributed by atoms with van der Waals surface area (Å²) in [5.41, 5.74) is 5.63. The number of nitrogens with zero attached hydrogens (tertiary/aromatic N) is 1. The number of aliphatic imine (C=N–C) groups is 1. The number of nitrogens with one attached hydrogen (secondary N) is 1. The minimum atomic E-state index is 0.589. The van der Waals surface area contributed by atoms with Crippen LogP contribution in [0, 0.1) is 17.8 Å². The van der Waals surface area contributed by atoms with E-state index in [4.69, 9.17) is 5.73 Å². The fourth-order valence-corrected chi connectivity index (χ4v) is 3.08. The van der Waals surface area contributed by atoms with Gasteiger partial charge in [0.05, 0.1) is 0 Å². The molecule has 80 valence electrons. The molecule has 3 aliphatic carbocycles. The van der Waals surface area contributed by atoms with Gasteiger partial charge >= 0.3 is 0 Å². The summed E-state index contributed by atoms with van der Waals surface area (Å²) >= 11 is 0. The molecule has 3 fully saturated rings. The van der Waals surface area contributed by atoms with Crippen LogP contribution in [0.3, 0.4) is 0 Å². The van der Waals surface area contributed by atoms with E-state index in [2.05, 4.69) is 10.3 Å². The molecule has 0 amide bonds. The summed E-state index contributed by atoms with van der Waals surface area (Å²) in [6, 6.07) is 0. The summed E-state index contributed by atoms with van der Waals surface area (Å²) in [6.45, 7) is 1.03. The van der Waals surface area contributed by atoms with Crippen molar-refractivity contribution in [1.29, 1.82) is 0 Å². The smallest absolute Gasteiger partial charge is 0.188 e. The quantitative estimate of drug-likeness (QED) is 0.516. The first-order chi connectivity index (χ1) is 6.79. The third kappa shape index (κ3) is 2.02. The van der Waals surface area contributed by atoms with E-state index < -0.39 is 0 Å². The number of guanidine groups is 1. The SMILES string of the molecule is CN=C(N)NCC1CC2CCC1CC2. The number of hydrogen-bond acceptors (Lipinski definition) is 1. The molecule has 0 heterocycles. The Morgan fingerprint density at radius 2 is 2.07 bits per heavy atom. The molecule has 0 saturated heterocycles. The number of rotatable bonds is 2. The van der Waals surface area contributed by atoms with Gasteiger partial charge in [-0.2, -0.15) is 0 Å². The molecule has 1 atom stereocenters. The Kier molecular flexibility index (Phi) is 2.94. The van der Waals surface area contributed by atoms with Gasteiger partial charge in [0.1, 0.15) is 0 Å². The molecule has 3 heteroatoms. The number of hydrogen-bond donors (Lipinski definition) is 2. The normalized spacial score (nSPS) is 37.2. The van der Waals surface area contributed by atoms with Crippen molar-refractivity contribution in [1.82, 2.24) is 5.32 Å². The Balaban J connectivity index is 1.81. The molecule has 0 aromatic carbocycles. The predicted octanol–water partition coefficient (Wildman–Crippen LogP) is 1.35. The summed E-state index contributed by atoms with van der Waals surface area (Å²) in [7, 11) is 1.73. The van der Waals surface area contributed by atoms with E-state index in [1.807, 2.05) is 0 Å². The molecule has 3 saturated carbocycles. The second kappa shape index (κ2) is 4.20. The fraction of sp³-hybridized carbons (Fsp3) is 0.909. The molecule has 2 bridgehead atoms. The van der Waals surface area contributed by atoms with Crippen LogP contribution in [0.25, 0.3) is 0 Å². The van der Waals surface area contributed by atoms with Gasteiger partial charge in [-0.1, -0.05) is 12.8 Å². The highest BCUT2D eigenvalue weighted by atomic mass is 15.1. The second-order valence-electron chi connectivity index (χ2n) is 4.77. The van der Waals surface area contributed by atoms with Crippen molar-refractivity contribution in [2.24, 2.45) is 28.5 Å². The minimum Gasteiger partial charge on any atom is -0.370 e. The predicted molar refractivity (Wildman–Crippen MR) is 59.1 cm³/mol. The van der Waals surface area contributed by atoms with Crippen molar-refractivity contribution in [3.05, 3.63) is 0 Å². The van der Waals surface area contributed by atoms with Gasteiger partial charge in [-0.15, -0.1) is 0 Å². The molecule has 3 aliphatic rings. The van der Waals surface area contributed by atoms with Crippen molar-refractivity contribution in [3.63, 3.8) is 0 Å². The van der Waals surface area contributed by atoms with E-state index in [0.29, 0.717) is 5.96 Å². The maximum absolute atomic E-state index is 5.63. The van der Waals surface area contributed by atoms with Crippen molar-refractivity contribution in [2.75, 3.05) is 13.6 Å². The molecular weight excluding hydrogens is 174 g/mol. The molecule has 1 unspecified atom stereocenters. The summed E-state index contributed by atoms with van der Waals surface area (Å²) in [4.78, 5) is 3.92. The molecule has 0 aliphatic heterocycles. The first-order valence-electron chi connectivity index (χ1n) is 5.75. The zero-order chi connectivity index (χ0) is 9.97. The van der Waals surface area contributed by atoms with Crippen LogP contribution in [0.15, 0.2) is 4.99 Å². The van der Waals surface area contributed by atoms with Gasteiger partial charge in [0.15, 0.2) is 5.96 Å². The summed E-state index contributed by atoms with van der Waals surface area (Å²) in [5, 5.41) is 3.21. The molecule has 0 aromatic heterocycles. The Labute approximate surface area is 86.2 Å². The first kappa shape index (κ1) is 9.81. The zero-order valence-corrected chi connectivity index (χ0v) is 9.00. The molecule has 3 rings (SSSR count). The lowest BCUT2D eigenvalue weighted by molar-refractivity contribution is 0.101. The Hall–Kier alpha value is -0.730. The van der Waals surface area contributed by atoms with Crippen LogP contribution in [0.4, 0.5) is 0 Å². The molecule has 0 aromatic rings. The molecule has 0 radical (unpaired) electrons. The van der Waals surface area contributed by atoms with Gasteiger partial charge in [0.25, 0.3) is 0 Å². The highest BCUT2D eigenvalue weighted by molar-refractivity contribution is 5.77. The van der Waals surface area contributed by atoms with Crippen LogP contribution < -0.4 is 11.1 Å². The monoisotopic (exact) mass is 195 g/mol. The first-order valence-corrected chi connectivity index (χ1v) is 5.75. The molecule has 14 heavy (non-hydrogen) atoms. The zero-order valence-electron chi connectivity index (χ0n) is 9.00. The largest absolute Gasteiger partial charge is 0.370 e. The van der Waals surface area contributed by atoms with E-state index in [9.17, 15) is 0 Å². The van der Waals surface area contributed by atoms with Crippen molar-refractivity contribution in [3.8, 4) is 0 Å². The van der Waals surface area contributed by atoms with E-state index >= 15 is 0 Å². The van der Waals surface area contributed by atoms with Gasteiger partial charge in [0.2, 0.25) is 0 Å². The maximum atomic E-state index is 5.63. The molecule has 0 spiro atoms. The lowest BCUT2D eigenvalue weighted by Crippen LogP contribution is -2.41. The third-order valence-corrected chi connectivity index (χ3v) is 3.98. The van der Waals surface area contributed by atoms with Crippen LogP contribution in [0.2, 0.25) is 0 Å². The summed E-state index contributed by atoms with van der Waals surface area (Å²) in [6.07, 6.45) is 7.24. The van der Waals surface area contributed by atoms with Crippen LogP contribution >= 0.6 is 0 Å². The number of fused-ring (bicyclic) bond motifs is 3. The van der Waals surface area contributed by atoms with Crippen LogP contribution in [-0.2, 0) is 0 Å². The Bertz CT molecular complexity index is 217. The van der Waals surface area contributed by atoms with Crippen molar-refractivity contribution < 1.29 is 0 Å². The van der Waals surface area contributed by atoms with E-state index in [1.54, 1.807) is 7.05 Å².